The highest BCUT2D eigenvalue weighted by atomic mass is 16.6. The van der Waals surface area contributed by atoms with Gasteiger partial charge in [0, 0.05) is 5.56 Å². The Labute approximate surface area is 203 Å². The first-order valence-electron chi connectivity index (χ1n) is 10.5. The van der Waals surface area contributed by atoms with E-state index in [-0.39, 0.29) is 23.0 Å². The number of nitrogens with one attached hydrogen (secondary N) is 1. The SMILES string of the molecule is CCOc1cccc(-c2c(C(=O)NN=Cc3ccc(OCC(=O)[O-])cc3)nnn2-c2nonc2N)c1. The molecule has 4 aromatic rings. The van der Waals surface area contributed by atoms with E-state index < -0.39 is 18.5 Å². The molecule has 184 valence electrons. The molecule has 0 atom stereocenters. The van der Waals surface area contributed by atoms with Crippen molar-refractivity contribution in [2.24, 2.45) is 5.10 Å². The van der Waals surface area contributed by atoms with Crippen LogP contribution in [-0.2, 0) is 4.79 Å². The van der Waals surface area contributed by atoms with Crippen LogP contribution in [0.5, 0.6) is 11.5 Å². The van der Waals surface area contributed by atoms with Crippen molar-refractivity contribution in [3.63, 3.8) is 0 Å². The van der Waals surface area contributed by atoms with Gasteiger partial charge in [0.2, 0.25) is 11.6 Å². The molecule has 14 nitrogen and oxygen atoms in total. The molecule has 0 radical (unpaired) electrons. The molecule has 0 aliphatic carbocycles. The molecule has 4 rings (SSSR count). The number of carbonyl (C=O) groups is 2. The third-order valence-electron chi connectivity index (χ3n) is 4.62. The van der Waals surface area contributed by atoms with Gasteiger partial charge in [-0.15, -0.1) is 5.10 Å². The second kappa shape index (κ2) is 10.8. The summed E-state index contributed by atoms with van der Waals surface area (Å²) in [5, 5.41) is 29.7. The number of amides is 1. The standard InChI is InChI=1S/C22H20N8O6/c1-2-34-16-5-3-4-14(10-16)19-18(25-29-30(19)21-20(23)27-36-28-21)22(33)26-24-11-13-6-8-15(9-7-13)35-12-17(31)32/h3-11H,2,12H2,1H3,(H2,23,27)(H,26,33)(H,31,32)/p-1. The van der Waals surface area contributed by atoms with Gasteiger partial charge < -0.3 is 25.1 Å². The number of carboxylic acids is 1. The third-order valence-corrected chi connectivity index (χ3v) is 4.62. The first-order valence-corrected chi connectivity index (χ1v) is 10.5. The van der Waals surface area contributed by atoms with Crippen molar-refractivity contribution in [3.8, 4) is 28.6 Å². The van der Waals surface area contributed by atoms with E-state index in [1.54, 1.807) is 48.5 Å². The molecule has 3 N–H and O–H groups in total. The van der Waals surface area contributed by atoms with Crippen molar-refractivity contribution in [3.05, 3.63) is 59.8 Å². The maximum Gasteiger partial charge on any atom is 0.294 e. The Morgan fingerprint density at radius 1 is 1.17 bits per heavy atom. The second-order valence-electron chi connectivity index (χ2n) is 7.06. The van der Waals surface area contributed by atoms with Gasteiger partial charge in [-0.2, -0.15) is 9.78 Å². The van der Waals surface area contributed by atoms with Gasteiger partial charge in [0.15, 0.2) is 5.69 Å². The molecule has 2 aromatic carbocycles. The van der Waals surface area contributed by atoms with Crippen LogP contribution in [0.3, 0.4) is 0 Å². The predicted octanol–water partition coefficient (Wildman–Crippen LogP) is 0.191. The molecule has 14 heteroatoms. The largest absolute Gasteiger partial charge is 0.546 e. The Balaban J connectivity index is 1.58. The summed E-state index contributed by atoms with van der Waals surface area (Å²) >= 11 is 0. The highest BCUT2D eigenvalue weighted by Gasteiger charge is 2.25. The molecule has 0 bridgehead atoms. The highest BCUT2D eigenvalue weighted by molar-refractivity contribution is 5.99. The van der Waals surface area contributed by atoms with E-state index in [1.807, 2.05) is 6.92 Å². The molecule has 0 fully saturated rings. The summed E-state index contributed by atoms with van der Waals surface area (Å²) in [5.41, 5.74) is 9.60. The van der Waals surface area contributed by atoms with E-state index in [9.17, 15) is 14.7 Å². The van der Waals surface area contributed by atoms with Crippen LogP contribution in [-0.4, -0.2) is 56.6 Å². The summed E-state index contributed by atoms with van der Waals surface area (Å²) in [6.45, 7) is 1.74. The first kappa shape index (κ1) is 23.9. The fourth-order valence-electron chi connectivity index (χ4n) is 3.09. The van der Waals surface area contributed by atoms with Gasteiger partial charge >= 0.3 is 0 Å². The predicted molar refractivity (Wildman–Crippen MR) is 122 cm³/mol. The maximum absolute atomic E-state index is 13.0. The smallest absolute Gasteiger partial charge is 0.294 e. The number of carboxylic acid groups (broad SMARTS) is 1. The minimum absolute atomic E-state index is 0.0425. The second-order valence-corrected chi connectivity index (χ2v) is 7.06. The molecule has 2 aromatic heterocycles. The van der Waals surface area contributed by atoms with Gasteiger partial charge in [0.1, 0.15) is 23.8 Å². The summed E-state index contributed by atoms with van der Waals surface area (Å²) in [6, 6.07) is 13.3. The molecule has 0 unspecified atom stereocenters. The van der Waals surface area contributed by atoms with Crippen LogP contribution in [0.1, 0.15) is 23.0 Å². The number of anilines is 1. The van der Waals surface area contributed by atoms with E-state index in [2.05, 4.69) is 35.8 Å². The number of ether oxygens (including phenoxy) is 2. The molecule has 0 saturated carbocycles. The van der Waals surface area contributed by atoms with E-state index in [4.69, 9.17) is 15.2 Å². The minimum Gasteiger partial charge on any atom is -0.546 e. The van der Waals surface area contributed by atoms with Crippen LogP contribution in [0.2, 0.25) is 0 Å². The average molecular weight is 491 g/mol. The first-order chi connectivity index (χ1) is 17.5. The van der Waals surface area contributed by atoms with Gasteiger partial charge in [0.25, 0.3) is 5.91 Å². The lowest BCUT2D eigenvalue weighted by Crippen LogP contribution is -2.28. The van der Waals surface area contributed by atoms with Crippen LogP contribution in [0.4, 0.5) is 5.82 Å². The van der Waals surface area contributed by atoms with Crippen LogP contribution in [0, 0.1) is 0 Å². The van der Waals surface area contributed by atoms with Gasteiger partial charge in [-0.05, 0) is 59.2 Å². The summed E-state index contributed by atoms with van der Waals surface area (Å²) in [4.78, 5) is 23.4. The van der Waals surface area contributed by atoms with Gasteiger partial charge in [-0.25, -0.2) is 10.1 Å². The summed E-state index contributed by atoms with van der Waals surface area (Å²) < 4.78 is 16.5. The zero-order chi connectivity index (χ0) is 25.5. The lowest BCUT2D eigenvalue weighted by molar-refractivity contribution is -0.307. The maximum atomic E-state index is 13.0. The molecule has 0 saturated heterocycles. The van der Waals surface area contributed by atoms with E-state index >= 15 is 0 Å². The Morgan fingerprint density at radius 3 is 2.67 bits per heavy atom. The molecular weight excluding hydrogens is 472 g/mol. The third kappa shape index (κ3) is 5.44. The highest BCUT2D eigenvalue weighted by Crippen LogP contribution is 2.29. The van der Waals surface area contributed by atoms with E-state index in [0.29, 0.717) is 29.2 Å². The lowest BCUT2D eigenvalue weighted by Gasteiger charge is -2.08. The quantitative estimate of drug-likeness (QED) is 0.227. The Bertz CT molecular complexity index is 1400. The molecule has 36 heavy (non-hydrogen) atoms. The Hall–Kier alpha value is -5.27. The number of nitrogens with two attached hydrogens (primary N) is 1. The fourth-order valence-corrected chi connectivity index (χ4v) is 3.09. The molecule has 1 amide bonds. The zero-order valence-electron chi connectivity index (χ0n) is 18.8. The van der Waals surface area contributed by atoms with Crippen molar-refractivity contribution in [2.75, 3.05) is 18.9 Å². The Kier molecular flexibility index (Phi) is 7.14. The fraction of sp³-hybridized carbons (Fsp3) is 0.136. The zero-order valence-corrected chi connectivity index (χ0v) is 18.8. The van der Waals surface area contributed by atoms with Crippen LogP contribution in [0.25, 0.3) is 17.1 Å². The number of rotatable bonds is 10. The summed E-state index contributed by atoms with van der Waals surface area (Å²) in [7, 11) is 0. The number of aromatic nitrogens is 5. The van der Waals surface area contributed by atoms with Gasteiger partial charge in [0.05, 0.1) is 18.8 Å². The summed E-state index contributed by atoms with van der Waals surface area (Å²) in [5.74, 6) is -1.05. The monoisotopic (exact) mass is 491 g/mol. The normalized spacial score (nSPS) is 10.9. The minimum atomic E-state index is -1.33. The molecule has 0 spiro atoms. The van der Waals surface area contributed by atoms with Crippen LogP contribution < -0.4 is 25.7 Å². The number of aliphatic carboxylic acids is 1. The number of nitrogen functional groups attached to an aromatic ring is 1. The van der Waals surface area contributed by atoms with Crippen molar-refractivity contribution >= 4 is 23.9 Å². The van der Waals surface area contributed by atoms with Gasteiger partial charge in [-0.1, -0.05) is 17.3 Å². The number of carbonyl (C=O) groups excluding carboxylic acids is 2. The average Bonchev–Trinajstić information content (AvgIpc) is 3.50. The molecule has 2 heterocycles. The molecule has 0 aliphatic heterocycles. The number of nitrogens with zero attached hydrogens (tertiary/aromatic N) is 6. The topological polar surface area (TPSA) is 196 Å². The van der Waals surface area contributed by atoms with Crippen molar-refractivity contribution < 1.29 is 28.8 Å². The van der Waals surface area contributed by atoms with Gasteiger partial charge in [-0.3, -0.25) is 4.79 Å². The number of hydrogen-bond donors (Lipinski definition) is 2. The number of hydrogen-bond acceptors (Lipinski definition) is 12. The van der Waals surface area contributed by atoms with Crippen molar-refractivity contribution in [1.29, 1.82) is 0 Å². The van der Waals surface area contributed by atoms with E-state index in [1.165, 1.54) is 10.9 Å². The number of benzene rings is 2. The summed E-state index contributed by atoms with van der Waals surface area (Å²) in [6.07, 6.45) is 1.39. The van der Waals surface area contributed by atoms with Crippen molar-refractivity contribution in [1.82, 2.24) is 30.7 Å². The van der Waals surface area contributed by atoms with Crippen molar-refractivity contribution in [2.45, 2.75) is 6.92 Å². The lowest BCUT2D eigenvalue weighted by atomic mass is 10.1. The van der Waals surface area contributed by atoms with Crippen LogP contribution >= 0.6 is 0 Å². The van der Waals surface area contributed by atoms with Crippen LogP contribution in [0.15, 0.2) is 58.3 Å². The molecule has 0 aliphatic rings. The number of hydrazone groups is 1. The molecular formula is C22H19N8O6-. The van der Waals surface area contributed by atoms with E-state index in [0.717, 1.165) is 0 Å². The Morgan fingerprint density at radius 2 is 1.97 bits per heavy atom.